The lowest BCUT2D eigenvalue weighted by molar-refractivity contribution is 0.415. The number of hydrogen-bond acceptors (Lipinski definition) is 8. The molecule has 2 aromatic carbocycles. The van der Waals surface area contributed by atoms with Crippen molar-refractivity contribution in [3.63, 3.8) is 0 Å². The van der Waals surface area contributed by atoms with E-state index < -0.39 is 0 Å². The van der Waals surface area contributed by atoms with Gasteiger partial charge in [0.15, 0.2) is 3.95 Å². The largest absolute Gasteiger partial charge is 0.497 e. The van der Waals surface area contributed by atoms with Crippen LogP contribution in [-0.2, 0) is 11.3 Å². The fourth-order valence-corrected chi connectivity index (χ4v) is 4.08. The number of rotatable bonds is 5. The third-order valence-electron chi connectivity index (χ3n) is 4.44. The molecule has 160 valence electrons. The molecule has 1 aliphatic rings. The molecule has 0 saturated carbocycles. The summed E-state index contributed by atoms with van der Waals surface area (Å²) in [5, 5.41) is 20.0. The van der Waals surface area contributed by atoms with Crippen molar-refractivity contribution in [1.29, 1.82) is 5.26 Å². The van der Waals surface area contributed by atoms with Crippen molar-refractivity contribution in [3.05, 3.63) is 74.6 Å². The number of methoxy groups -OCH3 is 1. The Morgan fingerprint density at radius 3 is 2.66 bits per heavy atom. The van der Waals surface area contributed by atoms with Gasteiger partial charge in [0.1, 0.15) is 17.6 Å². The van der Waals surface area contributed by atoms with E-state index in [0.717, 1.165) is 16.9 Å². The second-order valence-electron chi connectivity index (χ2n) is 6.54. The third-order valence-corrected chi connectivity index (χ3v) is 5.82. The Bertz CT molecular complexity index is 1350. The van der Waals surface area contributed by atoms with Crippen LogP contribution in [0.1, 0.15) is 10.4 Å². The fourth-order valence-electron chi connectivity index (χ4n) is 2.84. The van der Waals surface area contributed by atoms with Crippen molar-refractivity contribution < 1.29 is 19.0 Å². The zero-order valence-electron chi connectivity index (χ0n) is 16.7. The number of aliphatic imine (C=N–C) groups is 2. The molecule has 2 heterocycles. The van der Waals surface area contributed by atoms with E-state index in [2.05, 4.69) is 9.98 Å². The Kier molecular flexibility index (Phi) is 6.11. The molecule has 0 atom stereocenters. The number of hydrogen-bond donors (Lipinski definition) is 1. The van der Waals surface area contributed by atoms with Gasteiger partial charge in [-0.3, -0.25) is 4.57 Å². The predicted molar refractivity (Wildman–Crippen MR) is 123 cm³/mol. The van der Waals surface area contributed by atoms with Gasteiger partial charge in [-0.25, -0.2) is 9.38 Å². The minimum atomic E-state index is -0.339. The van der Waals surface area contributed by atoms with Crippen LogP contribution in [-0.4, -0.2) is 28.4 Å². The van der Waals surface area contributed by atoms with Crippen molar-refractivity contribution in [2.75, 3.05) is 7.11 Å². The molecule has 32 heavy (non-hydrogen) atoms. The summed E-state index contributed by atoms with van der Waals surface area (Å²) in [4.78, 5) is 8.87. The van der Waals surface area contributed by atoms with Gasteiger partial charge in [-0.1, -0.05) is 12.1 Å². The summed E-state index contributed by atoms with van der Waals surface area (Å²) in [7, 11) is 1.57. The number of benzene rings is 2. The van der Waals surface area contributed by atoms with Crippen LogP contribution >= 0.6 is 23.6 Å². The molecule has 10 heteroatoms. The number of thiazole rings is 1. The highest BCUT2D eigenvalue weighted by Gasteiger charge is 2.23. The second kappa shape index (κ2) is 9.13. The van der Waals surface area contributed by atoms with Crippen LogP contribution in [0.25, 0.3) is 6.08 Å². The molecule has 0 amide bonds. The Balaban J connectivity index is 1.59. The van der Waals surface area contributed by atoms with Gasteiger partial charge in [0, 0.05) is 6.08 Å². The lowest BCUT2D eigenvalue weighted by Crippen LogP contribution is -2.07. The maximum absolute atomic E-state index is 13.1. The summed E-state index contributed by atoms with van der Waals surface area (Å²) in [6, 6.07) is 14.8. The number of aromatic nitrogens is 1. The predicted octanol–water partition coefficient (Wildman–Crippen LogP) is 5.20. The topological polar surface area (TPSA) is 92.1 Å². The highest BCUT2D eigenvalue weighted by atomic mass is 32.1. The first-order chi connectivity index (χ1) is 15.5. The van der Waals surface area contributed by atoms with Gasteiger partial charge in [0.25, 0.3) is 5.90 Å². The highest BCUT2D eigenvalue weighted by molar-refractivity contribution is 7.73. The minimum absolute atomic E-state index is 0.0147. The van der Waals surface area contributed by atoms with Crippen LogP contribution in [0.2, 0.25) is 0 Å². The zero-order chi connectivity index (χ0) is 22.7. The molecular formula is C22H15FN4O3S2. The second-order valence-corrected chi connectivity index (χ2v) is 8.22. The van der Waals surface area contributed by atoms with E-state index >= 15 is 0 Å². The van der Waals surface area contributed by atoms with Crippen molar-refractivity contribution in [2.24, 2.45) is 9.98 Å². The summed E-state index contributed by atoms with van der Waals surface area (Å²) in [5.74, 6) is 0.425. The molecule has 0 aliphatic carbocycles. The summed E-state index contributed by atoms with van der Waals surface area (Å²) >= 11 is 6.52. The van der Waals surface area contributed by atoms with Crippen LogP contribution in [0.4, 0.5) is 10.1 Å². The third kappa shape index (κ3) is 4.59. The molecule has 0 fully saturated rings. The summed E-state index contributed by atoms with van der Waals surface area (Å²) in [5.41, 5.74) is 1.36. The van der Waals surface area contributed by atoms with Crippen LogP contribution in [0.15, 0.2) is 64.4 Å². The van der Waals surface area contributed by atoms with Crippen molar-refractivity contribution >= 4 is 46.9 Å². The van der Waals surface area contributed by atoms with Gasteiger partial charge in [-0.15, -0.1) is 11.3 Å². The molecule has 4 rings (SSSR count). The van der Waals surface area contributed by atoms with Crippen LogP contribution in [0, 0.1) is 21.1 Å². The van der Waals surface area contributed by atoms with E-state index in [0.29, 0.717) is 20.3 Å². The molecule has 3 aromatic rings. The van der Waals surface area contributed by atoms with Gasteiger partial charge >= 0.3 is 0 Å². The SMILES string of the molecule is COc1ccc(N=C2O/C(=C/c3sc(=S)n(Cc4ccc(F)cc4)c3O)N=C2C#N)cc1. The van der Waals surface area contributed by atoms with Gasteiger partial charge in [0.05, 0.1) is 24.2 Å². The van der Waals surface area contributed by atoms with Gasteiger partial charge in [-0.05, 0) is 54.2 Å². The molecule has 1 aromatic heterocycles. The maximum Gasteiger partial charge on any atom is 0.258 e. The number of nitrogens with zero attached hydrogens (tertiary/aromatic N) is 4. The Morgan fingerprint density at radius 2 is 2.00 bits per heavy atom. The van der Waals surface area contributed by atoms with Crippen LogP contribution in [0.5, 0.6) is 11.6 Å². The molecule has 0 bridgehead atoms. The molecule has 7 nitrogen and oxygen atoms in total. The Labute approximate surface area is 191 Å². The first-order valence-corrected chi connectivity index (χ1v) is 10.5. The average Bonchev–Trinajstić information content (AvgIpc) is 3.30. The number of aromatic hydroxyl groups is 1. The lowest BCUT2D eigenvalue weighted by atomic mass is 10.2. The maximum atomic E-state index is 13.1. The monoisotopic (exact) mass is 466 g/mol. The summed E-state index contributed by atoms with van der Waals surface area (Å²) < 4.78 is 25.8. The van der Waals surface area contributed by atoms with E-state index in [1.165, 1.54) is 22.8 Å². The normalized spacial score (nSPS) is 15.5. The van der Waals surface area contributed by atoms with E-state index in [-0.39, 0.29) is 35.7 Å². The number of nitriles is 1. The fraction of sp³-hybridized carbons (Fsp3) is 0.0909. The molecule has 1 aliphatic heterocycles. The molecule has 1 N–H and O–H groups in total. The van der Waals surface area contributed by atoms with Crippen molar-refractivity contribution in [3.8, 4) is 17.7 Å². The first kappa shape index (κ1) is 21.4. The van der Waals surface area contributed by atoms with E-state index in [4.69, 9.17) is 21.7 Å². The average molecular weight is 467 g/mol. The number of ether oxygens (including phenoxy) is 2. The Morgan fingerprint density at radius 1 is 1.28 bits per heavy atom. The lowest BCUT2D eigenvalue weighted by Gasteiger charge is -2.05. The van der Waals surface area contributed by atoms with E-state index in [1.54, 1.807) is 43.5 Å². The first-order valence-electron chi connectivity index (χ1n) is 9.25. The van der Waals surface area contributed by atoms with Crippen molar-refractivity contribution in [2.45, 2.75) is 6.54 Å². The minimum Gasteiger partial charge on any atom is -0.497 e. The standard InChI is InChI=1S/C22H15FN4O3S2/c1-29-16-8-6-15(7-9-16)25-20-17(11-24)26-19(30-20)10-18-21(28)27(22(31)32-18)12-13-2-4-14(23)5-3-13/h2-10,28H,12H2,1H3/b19-10+,25-20?. The summed E-state index contributed by atoms with van der Waals surface area (Å²) in [6.45, 7) is 0.280. The number of halogens is 1. The Hall–Kier alpha value is -3.81. The smallest absolute Gasteiger partial charge is 0.258 e. The zero-order valence-corrected chi connectivity index (χ0v) is 18.3. The molecular weight excluding hydrogens is 451 g/mol. The summed E-state index contributed by atoms with van der Waals surface area (Å²) in [6.07, 6.45) is 1.49. The molecule has 0 radical (unpaired) electrons. The van der Waals surface area contributed by atoms with E-state index in [9.17, 15) is 14.8 Å². The van der Waals surface area contributed by atoms with Gasteiger partial charge in [-0.2, -0.15) is 10.3 Å². The van der Waals surface area contributed by atoms with E-state index in [1.807, 2.05) is 6.07 Å². The molecule has 0 spiro atoms. The molecule has 0 unspecified atom stereocenters. The van der Waals surface area contributed by atoms with Gasteiger partial charge < -0.3 is 14.6 Å². The highest BCUT2D eigenvalue weighted by Crippen LogP contribution is 2.31. The van der Waals surface area contributed by atoms with Crippen molar-refractivity contribution in [1.82, 2.24) is 4.57 Å². The van der Waals surface area contributed by atoms with Crippen LogP contribution < -0.4 is 4.74 Å². The quantitative estimate of drug-likeness (QED) is 0.522. The van der Waals surface area contributed by atoms with Crippen LogP contribution in [0.3, 0.4) is 0 Å². The molecule has 0 saturated heterocycles. The van der Waals surface area contributed by atoms with Gasteiger partial charge in [0.2, 0.25) is 17.5 Å².